The Morgan fingerprint density at radius 1 is 1.44 bits per heavy atom. The number of amides is 2. The lowest BCUT2D eigenvalue weighted by Crippen LogP contribution is -2.31. The van der Waals surface area contributed by atoms with Gasteiger partial charge in [0.1, 0.15) is 5.75 Å². The summed E-state index contributed by atoms with van der Waals surface area (Å²) in [4.78, 5) is 12.6. The van der Waals surface area contributed by atoms with Gasteiger partial charge in [0, 0.05) is 13.6 Å². The highest BCUT2D eigenvalue weighted by atomic mass is 16.5. The molecule has 0 saturated heterocycles. The van der Waals surface area contributed by atoms with Crippen LogP contribution in [-0.4, -0.2) is 25.1 Å². The number of rotatable bonds is 4. The van der Waals surface area contributed by atoms with Crippen LogP contribution in [0.1, 0.15) is 36.5 Å². The average Bonchev–Trinajstić information content (AvgIpc) is 2.30. The molecular formula is C14H22N2O2. The van der Waals surface area contributed by atoms with E-state index in [-0.39, 0.29) is 0 Å². The summed E-state index contributed by atoms with van der Waals surface area (Å²) in [5, 5.41) is 0. The fourth-order valence-corrected chi connectivity index (χ4v) is 1.88. The number of primary amides is 1. The molecule has 18 heavy (non-hydrogen) atoms. The minimum atomic E-state index is -0.420. The van der Waals surface area contributed by atoms with Crippen LogP contribution in [0.4, 0.5) is 4.79 Å². The van der Waals surface area contributed by atoms with Gasteiger partial charge in [-0.2, -0.15) is 0 Å². The Bertz CT molecular complexity index is 442. The van der Waals surface area contributed by atoms with Gasteiger partial charge >= 0.3 is 6.03 Å². The predicted octanol–water partition coefficient (Wildman–Crippen LogP) is 2.64. The van der Waals surface area contributed by atoms with Crippen molar-refractivity contribution < 1.29 is 9.53 Å². The van der Waals surface area contributed by atoms with Crippen molar-refractivity contribution in [3.63, 3.8) is 0 Å². The highest BCUT2D eigenvalue weighted by Gasteiger charge is 2.13. The van der Waals surface area contributed by atoms with Crippen molar-refractivity contribution in [2.24, 2.45) is 5.73 Å². The zero-order valence-corrected chi connectivity index (χ0v) is 11.8. The SMILES string of the molecule is COc1cc(C)c(CN(C)C(N)=O)cc1C(C)C. The number of carbonyl (C=O) groups is 1. The lowest BCUT2D eigenvalue weighted by atomic mass is 9.96. The van der Waals surface area contributed by atoms with Gasteiger partial charge in [-0.1, -0.05) is 13.8 Å². The lowest BCUT2D eigenvalue weighted by molar-refractivity contribution is 0.216. The number of carbonyl (C=O) groups excluding carboxylic acids is 1. The van der Waals surface area contributed by atoms with Gasteiger partial charge in [-0.05, 0) is 41.7 Å². The zero-order chi connectivity index (χ0) is 13.9. The Morgan fingerprint density at radius 2 is 2.06 bits per heavy atom. The summed E-state index contributed by atoms with van der Waals surface area (Å²) in [7, 11) is 3.37. The monoisotopic (exact) mass is 250 g/mol. The molecular weight excluding hydrogens is 228 g/mol. The van der Waals surface area contributed by atoms with Crippen LogP contribution in [-0.2, 0) is 6.54 Å². The summed E-state index contributed by atoms with van der Waals surface area (Å²) < 4.78 is 5.39. The molecule has 0 aliphatic carbocycles. The number of urea groups is 1. The number of methoxy groups -OCH3 is 1. The third kappa shape index (κ3) is 3.15. The molecule has 1 rings (SSSR count). The molecule has 100 valence electrons. The van der Waals surface area contributed by atoms with Crippen molar-refractivity contribution in [3.05, 3.63) is 28.8 Å². The molecule has 0 bridgehead atoms. The van der Waals surface area contributed by atoms with Crippen LogP contribution in [0.5, 0.6) is 5.75 Å². The van der Waals surface area contributed by atoms with Crippen LogP contribution in [0.3, 0.4) is 0 Å². The highest BCUT2D eigenvalue weighted by Crippen LogP contribution is 2.30. The maximum absolute atomic E-state index is 11.1. The Balaban J connectivity index is 3.13. The normalized spacial score (nSPS) is 10.6. The number of nitrogens with zero attached hydrogens (tertiary/aromatic N) is 1. The highest BCUT2D eigenvalue weighted by molar-refractivity contribution is 5.71. The first-order valence-corrected chi connectivity index (χ1v) is 6.04. The van der Waals surface area contributed by atoms with Gasteiger partial charge in [-0.15, -0.1) is 0 Å². The van der Waals surface area contributed by atoms with Gasteiger partial charge < -0.3 is 15.4 Å². The van der Waals surface area contributed by atoms with Crippen molar-refractivity contribution >= 4 is 6.03 Å². The molecule has 1 aromatic carbocycles. The fourth-order valence-electron chi connectivity index (χ4n) is 1.88. The summed E-state index contributed by atoms with van der Waals surface area (Å²) in [6.45, 7) is 6.77. The number of aryl methyl sites for hydroxylation is 1. The van der Waals surface area contributed by atoms with Crippen molar-refractivity contribution in [2.45, 2.75) is 33.2 Å². The smallest absolute Gasteiger partial charge is 0.314 e. The molecule has 0 aliphatic heterocycles. The van der Waals surface area contributed by atoms with Crippen molar-refractivity contribution in [3.8, 4) is 5.75 Å². The maximum atomic E-state index is 11.1. The number of nitrogens with two attached hydrogens (primary N) is 1. The summed E-state index contributed by atoms with van der Waals surface area (Å²) in [5.41, 5.74) is 8.60. The molecule has 4 heteroatoms. The van der Waals surface area contributed by atoms with Gasteiger partial charge in [0.25, 0.3) is 0 Å². The Labute approximate surface area is 109 Å². The first-order valence-electron chi connectivity index (χ1n) is 6.04. The van der Waals surface area contributed by atoms with E-state index in [1.54, 1.807) is 14.2 Å². The second kappa shape index (κ2) is 5.76. The van der Waals surface area contributed by atoms with E-state index in [1.807, 2.05) is 13.0 Å². The molecule has 4 nitrogen and oxygen atoms in total. The van der Waals surface area contributed by atoms with Gasteiger partial charge in [0.2, 0.25) is 0 Å². The van der Waals surface area contributed by atoms with E-state index in [4.69, 9.17) is 10.5 Å². The van der Waals surface area contributed by atoms with E-state index in [0.717, 1.165) is 22.4 Å². The Hall–Kier alpha value is -1.71. The molecule has 0 unspecified atom stereocenters. The molecule has 0 radical (unpaired) electrons. The minimum Gasteiger partial charge on any atom is -0.496 e. The first kappa shape index (κ1) is 14.4. The molecule has 0 atom stereocenters. The van der Waals surface area contributed by atoms with E-state index in [9.17, 15) is 4.79 Å². The standard InChI is InChI=1S/C14H22N2O2/c1-9(2)12-7-11(8-16(4)14(15)17)10(3)6-13(12)18-5/h6-7,9H,8H2,1-5H3,(H2,15,17). The van der Waals surface area contributed by atoms with Crippen LogP contribution >= 0.6 is 0 Å². The van der Waals surface area contributed by atoms with Crippen LogP contribution in [0, 0.1) is 6.92 Å². The van der Waals surface area contributed by atoms with E-state index in [1.165, 1.54) is 4.90 Å². The van der Waals surface area contributed by atoms with Gasteiger partial charge in [0.05, 0.1) is 7.11 Å². The summed E-state index contributed by atoms with van der Waals surface area (Å²) in [5.74, 6) is 1.27. The Kier molecular flexibility index (Phi) is 4.59. The van der Waals surface area contributed by atoms with E-state index < -0.39 is 6.03 Å². The van der Waals surface area contributed by atoms with Gasteiger partial charge in [-0.25, -0.2) is 4.79 Å². The lowest BCUT2D eigenvalue weighted by Gasteiger charge is -2.19. The first-order chi connectivity index (χ1) is 8.36. The number of benzene rings is 1. The summed E-state index contributed by atoms with van der Waals surface area (Å²) >= 11 is 0. The summed E-state index contributed by atoms with van der Waals surface area (Å²) in [6, 6.07) is 3.69. The quantitative estimate of drug-likeness (QED) is 0.893. The Morgan fingerprint density at radius 3 is 2.50 bits per heavy atom. The number of hydrogen-bond donors (Lipinski definition) is 1. The molecule has 0 heterocycles. The number of ether oxygens (including phenoxy) is 1. The number of hydrogen-bond acceptors (Lipinski definition) is 2. The van der Waals surface area contributed by atoms with Crippen LogP contribution in [0.25, 0.3) is 0 Å². The third-order valence-electron chi connectivity index (χ3n) is 3.09. The topological polar surface area (TPSA) is 55.6 Å². The van der Waals surface area contributed by atoms with Crippen LogP contribution < -0.4 is 10.5 Å². The second-order valence-electron chi connectivity index (χ2n) is 4.87. The van der Waals surface area contributed by atoms with E-state index in [0.29, 0.717) is 12.5 Å². The average molecular weight is 250 g/mol. The molecule has 0 saturated carbocycles. The predicted molar refractivity (Wildman–Crippen MR) is 72.9 cm³/mol. The van der Waals surface area contributed by atoms with Crippen LogP contribution in [0.15, 0.2) is 12.1 Å². The van der Waals surface area contributed by atoms with Crippen molar-refractivity contribution in [1.29, 1.82) is 0 Å². The molecule has 2 amide bonds. The second-order valence-corrected chi connectivity index (χ2v) is 4.87. The largest absolute Gasteiger partial charge is 0.496 e. The molecule has 2 N–H and O–H groups in total. The van der Waals surface area contributed by atoms with E-state index >= 15 is 0 Å². The van der Waals surface area contributed by atoms with Crippen molar-refractivity contribution in [1.82, 2.24) is 4.90 Å². The zero-order valence-electron chi connectivity index (χ0n) is 11.8. The molecule has 1 aromatic rings. The van der Waals surface area contributed by atoms with Crippen molar-refractivity contribution in [2.75, 3.05) is 14.2 Å². The third-order valence-corrected chi connectivity index (χ3v) is 3.09. The molecule has 0 aliphatic rings. The summed E-state index contributed by atoms with van der Waals surface area (Å²) in [6.07, 6.45) is 0. The van der Waals surface area contributed by atoms with Crippen LogP contribution in [0.2, 0.25) is 0 Å². The molecule has 0 aromatic heterocycles. The molecule has 0 fully saturated rings. The van der Waals surface area contributed by atoms with E-state index in [2.05, 4.69) is 19.9 Å². The van der Waals surface area contributed by atoms with Gasteiger partial charge in [0.15, 0.2) is 0 Å². The minimum absolute atomic E-state index is 0.373. The van der Waals surface area contributed by atoms with Gasteiger partial charge in [-0.3, -0.25) is 0 Å². The maximum Gasteiger partial charge on any atom is 0.314 e. The fraction of sp³-hybridized carbons (Fsp3) is 0.500. The molecule has 0 spiro atoms.